The van der Waals surface area contributed by atoms with E-state index in [1.165, 1.54) is 12.1 Å². The molecule has 1 amide bonds. The van der Waals surface area contributed by atoms with Gasteiger partial charge >= 0.3 is 5.97 Å². The summed E-state index contributed by atoms with van der Waals surface area (Å²) in [5, 5.41) is 11.7. The van der Waals surface area contributed by atoms with Crippen molar-refractivity contribution in [3.05, 3.63) is 28.8 Å². The highest BCUT2D eigenvalue weighted by molar-refractivity contribution is 6.33. The zero-order chi connectivity index (χ0) is 15.5. The second kappa shape index (κ2) is 6.24. The van der Waals surface area contributed by atoms with Crippen LogP contribution < -0.4 is 11.1 Å². The van der Waals surface area contributed by atoms with Crippen molar-refractivity contribution in [1.29, 1.82) is 0 Å². The highest BCUT2D eigenvalue weighted by Crippen LogP contribution is 2.22. The molecule has 5 nitrogen and oxygen atoms in total. The van der Waals surface area contributed by atoms with Gasteiger partial charge in [0.05, 0.1) is 10.6 Å². The van der Waals surface area contributed by atoms with E-state index >= 15 is 0 Å². The van der Waals surface area contributed by atoms with Crippen LogP contribution >= 0.6 is 11.6 Å². The fraction of sp³-hybridized carbons (Fsp3) is 0.429. The van der Waals surface area contributed by atoms with Crippen LogP contribution in [0.3, 0.4) is 0 Å². The van der Waals surface area contributed by atoms with Crippen LogP contribution in [0.1, 0.15) is 37.6 Å². The lowest BCUT2D eigenvalue weighted by Crippen LogP contribution is -2.38. The monoisotopic (exact) mass is 298 g/mol. The number of nitrogens with two attached hydrogens (primary N) is 1. The molecule has 1 aromatic carbocycles. The Kier molecular flexibility index (Phi) is 5.14. The van der Waals surface area contributed by atoms with E-state index < -0.39 is 5.97 Å². The van der Waals surface area contributed by atoms with Gasteiger partial charge in [0.15, 0.2) is 0 Å². The summed E-state index contributed by atoms with van der Waals surface area (Å²) in [6.45, 7) is 5.86. The molecular weight excluding hydrogens is 280 g/mol. The zero-order valence-corrected chi connectivity index (χ0v) is 12.5. The molecule has 1 atom stereocenters. The number of anilines is 1. The topological polar surface area (TPSA) is 92.4 Å². The van der Waals surface area contributed by atoms with Crippen molar-refractivity contribution in [3.63, 3.8) is 0 Å². The fourth-order valence-electron chi connectivity index (χ4n) is 1.48. The largest absolute Gasteiger partial charge is 0.478 e. The molecule has 0 aromatic heterocycles. The summed E-state index contributed by atoms with van der Waals surface area (Å²) in [7, 11) is 0. The fourth-order valence-corrected chi connectivity index (χ4v) is 1.68. The number of halogens is 1. The summed E-state index contributed by atoms with van der Waals surface area (Å²) >= 11 is 5.76. The Bertz CT molecular complexity index is 524. The second-order valence-corrected chi connectivity index (χ2v) is 6.13. The van der Waals surface area contributed by atoms with Crippen LogP contribution in [0, 0.1) is 5.41 Å². The van der Waals surface area contributed by atoms with Gasteiger partial charge in [-0.15, -0.1) is 0 Å². The molecule has 110 valence electrons. The molecule has 0 fully saturated rings. The molecule has 4 N–H and O–H groups in total. The molecule has 0 bridgehead atoms. The first-order valence-corrected chi connectivity index (χ1v) is 6.57. The van der Waals surface area contributed by atoms with Crippen molar-refractivity contribution < 1.29 is 14.7 Å². The van der Waals surface area contributed by atoms with Gasteiger partial charge in [0, 0.05) is 18.2 Å². The molecule has 1 aromatic rings. The average Bonchev–Trinajstić information content (AvgIpc) is 2.29. The molecule has 0 aliphatic carbocycles. The van der Waals surface area contributed by atoms with E-state index in [0.29, 0.717) is 5.69 Å². The molecule has 0 aliphatic rings. The van der Waals surface area contributed by atoms with Crippen LogP contribution in [0.4, 0.5) is 5.69 Å². The van der Waals surface area contributed by atoms with Crippen LogP contribution in [-0.2, 0) is 4.79 Å². The first-order valence-electron chi connectivity index (χ1n) is 6.19. The number of hydrogen-bond donors (Lipinski definition) is 3. The average molecular weight is 299 g/mol. The van der Waals surface area contributed by atoms with Crippen LogP contribution in [0.2, 0.25) is 5.02 Å². The van der Waals surface area contributed by atoms with Crippen LogP contribution in [0.5, 0.6) is 0 Å². The van der Waals surface area contributed by atoms with Crippen molar-refractivity contribution in [3.8, 4) is 0 Å². The van der Waals surface area contributed by atoms with Crippen molar-refractivity contribution in [2.75, 3.05) is 5.32 Å². The predicted octanol–water partition coefficient (Wildman–Crippen LogP) is 2.74. The van der Waals surface area contributed by atoms with Gasteiger partial charge in [0.2, 0.25) is 5.91 Å². The third kappa shape index (κ3) is 4.51. The molecule has 20 heavy (non-hydrogen) atoms. The number of rotatable bonds is 4. The number of benzene rings is 1. The molecule has 0 saturated heterocycles. The Morgan fingerprint density at radius 2 is 2.00 bits per heavy atom. The Labute approximate surface area is 123 Å². The number of hydrogen-bond acceptors (Lipinski definition) is 3. The lowest BCUT2D eigenvalue weighted by molar-refractivity contribution is -0.117. The number of aromatic carboxylic acids is 1. The molecular formula is C14H19ClN2O3. The number of carbonyl (C=O) groups excluding carboxylic acids is 1. The number of carboxylic acid groups (broad SMARTS) is 1. The number of amides is 1. The van der Waals surface area contributed by atoms with Gasteiger partial charge in [-0.1, -0.05) is 32.4 Å². The van der Waals surface area contributed by atoms with E-state index in [2.05, 4.69) is 5.32 Å². The van der Waals surface area contributed by atoms with E-state index in [-0.39, 0.29) is 34.4 Å². The number of carbonyl (C=O) groups is 2. The molecule has 0 aliphatic heterocycles. The van der Waals surface area contributed by atoms with Gasteiger partial charge in [-0.25, -0.2) is 4.79 Å². The van der Waals surface area contributed by atoms with E-state index in [1.807, 2.05) is 20.8 Å². The standard InChI is InChI=1S/C14H19ClN2O3/c1-14(2,3)11(16)7-12(18)17-8-4-5-10(15)9(6-8)13(19)20/h4-6,11H,7,16H2,1-3H3,(H,17,18)(H,19,20). The molecule has 0 spiro atoms. The Hall–Kier alpha value is -1.59. The lowest BCUT2D eigenvalue weighted by atomic mass is 9.85. The zero-order valence-electron chi connectivity index (χ0n) is 11.7. The van der Waals surface area contributed by atoms with E-state index in [1.54, 1.807) is 6.07 Å². The van der Waals surface area contributed by atoms with Crippen molar-refractivity contribution in [2.24, 2.45) is 11.1 Å². The summed E-state index contributed by atoms with van der Waals surface area (Å²) < 4.78 is 0. The maximum absolute atomic E-state index is 11.9. The Balaban J connectivity index is 2.77. The highest BCUT2D eigenvalue weighted by Gasteiger charge is 2.23. The van der Waals surface area contributed by atoms with Crippen molar-refractivity contribution in [2.45, 2.75) is 33.2 Å². The predicted molar refractivity (Wildman–Crippen MR) is 79.1 cm³/mol. The maximum atomic E-state index is 11.9. The normalized spacial score (nSPS) is 12.8. The number of carboxylic acids is 1. The van der Waals surface area contributed by atoms with E-state index in [4.69, 9.17) is 22.4 Å². The van der Waals surface area contributed by atoms with Gasteiger partial charge < -0.3 is 16.2 Å². The van der Waals surface area contributed by atoms with Gasteiger partial charge in [-0.2, -0.15) is 0 Å². The Morgan fingerprint density at radius 3 is 2.50 bits per heavy atom. The second-order valence-electron chi connectivity index (χ2n) is 5.72. The first-order chi connectivity index (χ1) is 9.11. The summed E-state index contributed by atoms with van der Waals surface area (Å²) in [6.07, 6.45) is 0.161. The molecule has 1 rings (SSSR count). The molecule has 1 unspecified atom stereocenters. The van der Waals surface area contributed by atoms with E-state index in [0.717, 1.165) is 0 Å². The number of nitrogens with one attached hydrogen (secondary N) is 1. The van der Waals surface area contributed by atoms with Gasteiger partial charge in [0.1, 0.15) is 0 Å². The van der Waals surface area contributed by atoms with Crippen LogP contribution in [0.25, 0.3) is 0 Å². The quantitative estimate of drug-likeness (QED) is 0.797. The molecule has 0 heterocycles. The molecule has 0 saturated carbocycles. The van der Waals surface area contributed by atoms with Gasteiger partial charge in [0.25, 0.3) is 0 Å². The minimum Gasteiger partial charge on any atom is -0.478 e. The minimum absolute atomic E-state index is 0.0513. The van der Waals surface area contributed by atoms with Crippen LogP contribution in [0.15, 0.2) is 18.2 Å². The first kappa shape index (κ1) is 16.5. The Morgan fingerprint density at radius 1 is 1.40 bits per heavy atom. The summed E-state index contributed by atoms with van der Waals surface area (Å²) in [5.74, 6) is -1.40. The molecule has 6 heteroatoms. The third-order valence-electron chi connectivity index (χ3n) is 3.00. The smallest absolute Gasteiger partial charge is 0.337 e. The third-order valence-corrected chi connectivity index (χ3v) is 3.33. The van der Waals surface area contributed by atoms with Crippen molar-refractivity contribution >= 4 is 29.2 Å². The SMILES string of the molecule is CC(C)(C)C(N)CC(=O)Nc1ccc(Cl)c(C(=O)O)c1. The maximum Gasteiger partial charge on any atom is 0.337 e. The van der Waals surface area contributed by atoms with Gasteiger partial charge in [-0.3, -0.25) is 4.79 Å². The lowest BCUT2D eigenvalue weighted by Gasteiger charge is -2.26. The van der Waals surface area contributed by atoms with Crippen LogP contribution in [-0.4, -0.2) is 23.0 Å². The molecule has 0 radical (unpaired) electrons. The van der Waals surface area contributed by atoms with E-state index in [9.17, 15) is 9.59 Å². The van der Waals surface area contributed by atoms with Crippen molar-refractivity contribution in [1.82, 2.24) is 0 Å². The summed E-state index contributed by atoms with van der Waals surface area (Å²) in [5.41, 5.74) is 6.09. The highest BCUT2D eigenvalue weighted by atomic mass is 35.5. The minimum atomic E-state index is -1.14. The summed E-state index contributed by atoms with van der Waals surface area (Å²) in [6, 6.07) is 4.03. The summed E-state index contributed by atoms with van der Waals surface area (Å²) in [4.78, 5) is 22.8. The van der Waals surface area contributed by atoms with Gasteiger partial charge in [-0.05, 0) is 23.6 Å².